The molecule has 19 heavy (non-hydrogen) atoms. The second-order valence-corrected chi connectivity index (χ2v) is 6.89. The highest BCUT2D eigenvalue weighted by Gasteiger charge is 2.20. The van der Waals surface area contributed by atoms with Gasteiger partial charge in [0.1, 0.15) is 0 Å². The van der Waals surface area contributed by atoms with E-state index in [1.807, 2.05) is 10.8 Å². The zero-order valence-corrected chi connectivity index (χ0v) is 11.5. The van der Waals surface area contributed by atoms with Gasteiger partial charge in [-0.15, -0.1) is 0 Å². The lowest BCUT2D eigenvalue weighted by Crippen LogP contribution is -2.06. The van der Waals surface area contributed by atoms with E-state index >= 15 is 0 Å². The van der Waals surface area contributed by atoms with Crippen molar-refractivity contribution in [2.45, 2.75) is 10.9 Å². The molecule has 0 atom stereocenters. The van der Waals surface area contributed by atoms with E-state index in [4.69, 9.17) is 5.73 Å². The molecule has 7 heteroatoms. The van der Waals surface area contributed by atoms with Crippen LogP contribution < -0.4 is 5.73 Å². The number of nitrogens with one attached hydrogen (secondary N) is 1. The summed E-state index contributed by atoms with van der Waals surface area (Å²) in [6, 6.07) is 6.86. The third-order valence-electron chi connectivity index (χ3n) is 2.72. The van der Waals surface area contributed by atoms with Crippen LogP contribution in [-0.2, 0) is 15.6 Å². The Labute approximate surface area is 114 Å². The van der Waals surface area contributed by atoms with Crippen molar-refractivity contribution in [1.82, 2.24) is 9.97 Å². The maximum atomic E-state index is 12.2. The number of H-pyrrole nitrogens is 1. The normalized spacial score (nSPS) is 12.0. The van der Waals surface area contributed by atoms with Gasteiger partial charge in [-0.1, -0.05) is 0 Å². The van der Waals surface area contributed by atoms with Crippen molar-refractivity contribution in [1.29, 1.82) is 0 Å². The SMILES string of the molecule is Nc1ccc2nc(S(=O)(=O)Cc3ccsc3)[nH]c2c1. The van der Waals surface area contributed by atoms with Crippen LogP contribution in [0.1, 0.15) is 5.56 Å². The van der Waals surface area contributed by atoms with Crippen molar-refractivity contribution in [3.63, 3.8) is 0 Å². The minimum atomic E-state index is -3.46. The van der Waals surface area contributed by atoms with E-state index in [1.165, 1.54) is 11.3 Å². The highest BCUT2D eigenvalue weighted by molar-refractivity contribution is 7.90. The Morgan fingerprint density at radius 2 is 2.16 bits per heavy atom. The topological polar surface area (TPSA) is 88.8 Å². The molecule has 0 fully saturated rings. The Morgan fingerprint density at radius 3 is 2.89 bits per heavy atom. The van der Waals surface area contributed by atoms with Crippen molar-refractivity contribution < 1.29 is 8.42 Å². The molecule has 0 aliphatic carbocycles. The molecule has 0 saturated carbocycles. The van der Waals surface area contributed by atoms with Crippen molar-refractivity contribution >= 4 is 37.9 Å². The molecule has 3 rings (SSSR count). The van der Waals surface area contributed by atoms with Gasteiger partial charge in [-0.3, -0.25) is 0 Å². The van der Waals surface area contributed by atoms with Crippen LogP contribution in [0.15, 0.2) is 40.2 Å². The number of aromatic amines is 1. The number of hydrogen-bond donors (Lipinski definition) is 2. The second kappa shape index (κ2) is 4.36. The lowest BCUT2D eigenvalue weighted by atomic mass is 10.3. The van der Waals surface area contributed by atoms with Crippen LogP contribution in [0.25, 0.3) is 11.0 Å². The molecule has 0 aliphatic heterocycles. The number of thiophene rings is 1. The monoisotopic (exact) mass is 293 g/mol. The smallest absolute Gasteiger partial charge is 0.226 e. The standard InChI is InChI=1S/C12H11N3O2S2/c13-9-1-2-10-11(5-9)15-12(14-10)19(16,17)7-8-3-4-18-6-8/h1-6H,7,13H2,(H,14,15). The number of anilines is 1. The van der Waals surface area contributed by atoms with Gasteiger partial charge in [0.15, 0.2) is 0 Å². The first-order chi connectivity index (χ1) is 9.04. The number of sulfone groups is 1. The van der Waals surface area contributed by atoms with Gasteiger partial charge in [-0.2, -0.15) is 11.3 Å². The van der Waals surface area contributed by atoms with Gasteiger partial charge in [0.25, 0.3) is 0 Å². The molecule has 0 saturated heterocycles. The molecule has 0 amide bonds. The number of nitrogens with zero attached hydrogens (tertiary/aromatic N) is 1. The van der Waals surface area contributed by atoms with Crippen LogP contribution in [0.3, 0.4) is 0 Å². The number of nitrogens with two attached hydrogens (primary N) is 1. The summed E-state index contributed by atoms with van der Waals surface area (Å²) < 4.78 is 24.5. The summed E-state index contributed by atoms with van der Waals surface area (Å²) in [5, 5.41) is 3.65. The van der Waals surface area contributed by atoms with Crippen LogP contribution >= 0.6 is 11.3 Å². The molecule has 0 spiro atoms. The van der Waals surface area contributed by atoms with E-state index in [1.54, 1.807) is 24.3 Å². The average Bonchev–Trinajstić information content (AvgIpc) is 2.96. The predicted molar refractivity (Wildman–Crippen MR) is 75.7 cm³/mol. The number of rotatable bonds is 3. The molecule has 0 bridgehead atoms. The van der Waals surface area contributed by atoms with E-state index in [2.05, 4.69) is 9.97 Å². The van der Waals surface area contributed by atoms with E-state index in [-0.39, 0.29) is 10.9 Å². The van der Waals surface area contributed by atoms with Gasteiger partial charge in [0, 0.05) is 5.69 Å². The van der Waals surface area contributed by atoms with Crippen LogP contribution in [-0.4, -0.2) is 18.4 Å². The van der Waals surface area contributed by atoms with Crippen LogP contribution in [0.2, 0.25) is 0 Å². The Bertz CT molecular complexity index is 820. The summed E-state index contributed by atoms with van der Waals surface area (Å²) in [7, 11) is -3.46. The van der Waals surface area contributed by atoms with Gasteiger partial charge in [0.05, 0.1) is 16.8 Å². The fourth-order valence-electron chi connectivity index (χ4n) is 1.81. The van der Waals surface area contributed by atoms with Gasteiger partial charge < -0.3 is 10.7 Å². The molecule has 98 valence electrons. The number of aromatic nitrogens is 2. The first kappa shape index (κ1) is 12.2. The zero-order valence-electron chi connectivity index (χ0n) is 9.83. The molecule has 1 aromatic carbocycles. The number of hydrogen-bond acceptors (Lipinski definition) is 5. The summed E-state index contributed by atoms with van der Waals surface area (Å²) in [6.07, 6.45) is 0. The lowest BCUT2D eigenvalue weighted by molar-refractivity contribution is 0.588. The van der Waals surface area contributed by atoms with Gasteiger partial charge >= 0.3 is 0 Å². The largest absolute Gasteiger partial charge is 0.399 e. The molecular formula is C12H11N3O2S2. The molecule has 0 unspecified atom stereocenters. The van der Waals surface area contributed by atoms with Crippen molar-refractivity contribution in [3.05, 3.63) is 40.6 Å². The summed E-state index contributed by atoms with van der Waals surface area (Å²) in [6.45, 7) is 0. The summed E-state index contributed by atoms with van der Waals surface area (Å²) in [4.78, 5) is 6.92. The van der Waals surface area contributed by atoms with Crippen molar-refractivity contribution in [2.75, 3.05) is 5.73 Å². The number of benzene rings is 1. The van der Waals surface area contributed by atoms with Crippen molar-refractivity contribution in [3.8, 4) is 0 Å². The van der Waals surface area contributed by atoms with E-state index in [0.717, 1.165) is 5.56 Å². The maximum absolute atomic E-state index is 12.2. The second-order valence-electron chi connectivity index (χ2n) is 4.21. The average molecular weight is 293 g/mol. The minimum Gasteiger partial charge on any atom is -0.399 e. The molecular weight excluding hydrogens is 282 g/mol. The predicted octanol–water partition coefficient (Wildman–Crippen LogP) is 2.18. The van der Waals surface area contributed by atoms with E-state index < -0.39 is 9.84 Å². The zero-order chi connectivity index (χ0) is 13.5. The molecule has 5 nitrogen and oxygen atoms in total. The van der Waals surface area contributed by atoms with Crippen molar-refractivity contribution in [2.24, 2.45) is 0 Å². The Kier molecular flexibility index (Phi) is 2.79. The fourth-order valence-corrected chi connectivity index (χ4v) is 3.85. The third-order valence-corrected chi connectivity index (χ3v) is 4.94. The highest BCUT2D eigenvalue weighted by atomic mass is 32.2. The molecule has 0 aliphatic rings. The third kappa shape index (κ3) is 2.34. The quantitative estimate of drug-likeness (QED) is 0.724. The molecule has 2 aromatic heterocycles. The van der Waals surface area contributed by atoms with E-state index in [9.17, 15) is 8.42 Å². The van der Waals surface area contributed by atoms with Gasteiger partial charge in [-0.05, 0) is 40.6 Å². The fraction of sp³-hybridized carbons (Fsp3) is 0.0833. The van der Waals surface area contributed by atoms with Crippen LogP contribution in [0.4, 0.5) is 5.69 Å². The first-order valence-electron chi connectivity index (χ1n) is 5.54. The Balaban J connectivity index is 2.03. The molecule has 3 aromatic rings. The highest BCUT2D eigenvalue weighted by Crippen LogP contribution is 2.20. The summed E-state index contributed by atoms with van der Waals surface area (Å²) >= 11 is 1.47. The number of fused-ring (bicyclic) bond motifs is 1. The Hall–Kier alpha value is -1.86. The van der Waals surface area contributed by atoms with Crippen LogP contribution in [0.5, 0.6) is 0 Å². The van der Waals surface area contributed by atoms with Crippen LogP contribution in [0, 0.1) is 0 Å². The van der Waals surface area contributed by atoms with Gasteiger partial charge in [0.2, 0.25) is 15.0 Å². The van der Waals surface area contributed by atoms with Gasteiger partial charge in [-0.25, -0.2) is 13.4 Å². The minimum absolute atomic E-state index is 0.0145. The maximum Gasteiger partial charge on any atom is 0.226 e. The number of imidazole rings is 1. The molecule has 3 N–H and O–H groups in total. The molecule has 2 heterocycles. The lowest BCUT2D eigenvalue weighted by Gasteiger charge is -1.97. The summed E-state index contributed by atoms with van der Waals surface area (Å²) in [5.41, 5.74) is 8.22. The molecule has 0 radical (unpaired) electrons. The first-order valence-corrected chi connectivity index (χ1v) is 8.13. The number of nitrogen functional groups attached to an aromatic ring is 1. The Morgan fingerprint density at radius 1 is 1.32 bits per heavy atom. The summed E-state index contributed by atoms with van der Waals surface area (Å²) in [5.74, 6) is -0.0498. The van der Waals surface area contributed by atoms with E-state index in [0.29, 0.717) is 16.7 Å².